The number of carbonyl (C=O) groups is 2. The normalized spacial score (nSPS) is 30.0. The highest BCUT2D eigenvalue weighted by atomic mass is 16.2. The Morgan fingerprint density at radius 2 is 1.76 bits per heavy atom. The third-order valence-electron chi connectivity index (χ3n) is 5.88. The molecule has 4 rings (SSSR count). The zero-order valence-corrected chi connectivity index (χ0v) is 14.4. The minimum absolute atomic E-state index is 0.0431. The van der Waals surface area contributed by atoms with Crippen molar-refractivity contribution in [2.45, 2.75) is 31.8 Å². The lowest BCUT2D eigenvalue weighted by atomic mass is 9.88. The highest BCUT2D eigenvalue weighted by Crippen LogP contribution is 2.42. The van der Waals surface area contributed by atoms with E-state index in [2.05, 4.69) is 17.5 Å². The molecule has 25 heavy (non-hydrogen) atoms. The molecule has 2 aliphatic carbocycles. The highest BCUT2D eigenvalue weighted by molar-refractivity contribution is 5.94. The smallest absolute Gasteiger partial charge is 0.253 e. The second kappa shape index (κ2) is 6.64. The van der Waals surface area contributed by atoms with Crippen LogP contribution >= 0.6 is 0 Å². The predicted octanol–water partition coefficient (Wildman–Crippen LogP) is 1.69. The molecule has 0 radical (unpaired) electrons. The van der Waals surface area contributed by atoms with Crippen LogP contribution in [0.2, 0.25) is 0 Å². The molecule has 1 heterocycles. The fraction of sp³-hybridized carbons (Fsp3) is 0.500. The molecule has 0 unspecified atom stereocenters. The number of nitrogens with zero attached hydrogens (tertiary/aromatic N) is 1. The standard InChI is InChI=1S/C20H25N3O2/c21-18-16-8-7-15(11-16)17(18)19(24)22-12-13-3-5-14(6-4-13)20(25)23-9-1-2-10-23/h3-8,15-18H,1-2,9-12,21H2,(H,22,24)/t15-,16+,17-,18+/m1/s1. The van der Waals surface area contributed by atoms with Gasteiger partial charge in [0.1, 0.15) is 0 Å². The van der Waals surface area contributed by atoms with Gasteiger partial charge in [-0.15, -0.1) is 0 Å². The number of nitrogens with one attached hydrogen (secondary N) is 1. The number of hydrogen-bond acceptors (Lipinski definition) is 3. The quantitative estimate of drug-likeness (QED) is 0.820. The van der Waals surface area contributed by atoms with E-state index in [9.17, 15) is 9.59 Å². The molecule has 132 valence electrons. The van der Waals surface area contributed by atoms with Crippen molar-refractivity contribution >= 4 is 11.8 Å². The molecule has 1 aliphatic heterocycles. The van der Waals surface area contributed by atoms with Crippen molar-refractivity contribution in [2.75, 3.05) is 13.1 Å². The molecule has 1 aromatic rings. The number of rotatable bonds is 4. The van der Waals surface area contributed by atoms with E-state index in [0.717, 1.165) is 43.5 Å². The Kier molecular flexibility index (Phi) is 4.34. The topological polar surface area (TPSA) is 75.4 Å². The van der Waals surface area contributed by atoms with Crippen LogP contribution < -0.4 is 11.1 Å². The summed E-state index contributed by atoms with van der Waals surface area (Å²) in [5.74, 6) is 0.692. The second-order valence-corrected chi connectivity index (χ2v) is 7.47. The van der Waals surface area contributed by atoms with Gasteiger partial charge in [0.15, 0.2) is 0 Å². The van der Waals surface area contributed by atoms with Gasteiger partial charge in [-0.25, -0.2) is 0 Å². The fourth-order valence-corrected chi connectivity index (χ4v) is 4.40. The minimum atomic E-state index is -0.106. The van der Waals surface area contributed by atoms with Crippen molar-refractivity contribution in [1.82, 2.24) is 10.2 Å². The zero-order chi connectivity index (χ0) is 17.4. The zero-order valence-electron chi connectivity index (χ0n) is 14.4. The van der Waals surface area contributed by atoms with E-state index in [1.54, 1.807) is 0 Å². The lowest BCUT2D eigenvalue weighted by molar-refractivity contribution is -0.126. The molecule has 1 saturated heterocycles. The maximum Gasteiger partial charge on any atom is 0.253 e. The Labute approximate surface area is 148 Å². The second-order valence-electron chi connectivity index (χ2n) is 7.47. The molecule has 1 saturated carbocycles. The summed E-state index contributed by atoms with van der Waals surface area (Å²) in [5, 5.41) is 3.01. The van der Waals surface area contributed by atoms with Gasteiger partial charge < -0.3 is 16.0 Å². The van der Waals surface area contributed by atoms with Crippen molar-refractivity contribution < 1.29 is 9.59 Å². The molecule has 1 aromatic carbocycles. The first-order valence-electron chi connectivity index (χ1n) is 9.23. The van der Waals surface area contributed by atoms with E-state index in [1.165, 1.54) is 0 Å². The van der Waals surface area contributed by atoms with Crippen molar-refractivity contribution in [2.24, 2.45) is 23.5 Å². The number of likely N-dealkylation sites (tertiary alicyclic amines) is 1. The van der Waals surface area contributed by atoms with Gasteiger partial charge in [-0.1, -0.05) is 24.3 Å². The summed E-state index contributed by atoms with van der Waals surface area (Å²) in [6.07, 6.45) is 7.48. The maximum atomic E-state index is 12.5. The van der Waals surface area contributed by atoms with Gasteiger partial charge in [-0.05, 0) is 48.8 Å². The van der Waals surface area contributed by atoms with Gasteiger partial charge in [0.25, 0.3) is 5.91 Å². The van der Waals surface area contributed by atoms with Gasteiger partial charge in [0.2, 0.25) is 5.91 Å². The van der Waals surface area contributed by atoms with Crippen molar-refractivity contribution in [3.63, 3.8) is 0 Å². The molecule has 2 fully saturated rings. The van der Waals surface area contributed by atoms with Crippen LogP contribution in [0.5, 0.6) is 0 Å². The summed E-state index contributed by atoms with van der Waals surface area (Å²) in [4.78, 5) is 26.7. The van der Waals surface area contributed by atoms with Gasteiger partial charge in [0, 0.05) is 31.2 Å². The van der Waals surface area contributed by atoms with E-state index in [0.29, 0.717) is 18.4 Å². The summed E-state index contributed by atoms with van der Waals surface area (Å²) in [7, 11) is 0. The first-order valence-corrected chi connectivity index (χ1v) is 9.23. The fourth-order valence-electron chi connectivity index (χ4n) is 4.40. The first-order chi connectivity index (χ1) is 12.1. The van der Waals surface area contributed by atoms with Crippen molar-refractivity contribution in [1.29, 1.82) is 0 Å². The van der Waals surface area contributed by atoms with Crippen LogP contribution in [0.4, 0.5) is 0 Å². The van der Waals surface area contributed by atoms with Gasteiger partial charge in [0.05, 0.1) is 5.92 Å². The average Bonchev–Trinajstić information content (AvgIpc) is 3.36. The Morgan fingerprint density at radius 3 is 2.40 bits per heavy atom. The summed E-state index contributed by atoms with van der Waals surface area (Å²) >= 11 is 0. The van der Waals surface area contributed by atoms with E-state index in [-0.39, 0.29) is 23.8 Å². The SMILES string of the molecule is N[C@@H]1[C@H](C(=O)NCc2ccc(C(=O)N3CCCC3)cc2)[C@@H]2C=C[C@H]1C2. The summed E-state index contributed by atoms with van der Waals surface area (Å²) in [6.45, 7) is 2.19. The Balaban J connectivity index is 1.33. The first kappa shape index (κ1) is 16.3. The maximum absolute atomic E-state index is 12.5. The molecule has 3 N–H and O–H groups in total. The molecule has 3 aliphatic rings. The molecular weight excluding hydrogens is 314 g/mol. The third-order valence-corrected chi connectivity index (χ3v) is 5.88. The van der Waals surface area contributed by atoms with Crippen LogP contribution in [0.3, 0.4) is 0 Å². The summed E-state index contributed by atoms with van der Waals surface area (Å²) in [6, 6.07) is 7.49. The number of allylic oxidation sites excluding steroid dienone is 1. The average molecular weight is 339 g/mol. The Bertz CT molecular complexity index is 691. The molecule has 0 spiro atoms. The number of nitrogens with two attached hydrogens (primary N) is 1. The molecule has 0 aromatic heterocycles. The molecule has 2 bridgehead atoms. The van der Waals surface area contributed by atoms with Crippen LogP contribution in [0.15, 0.2) is 36.4 Å². The van der Waals surface area contributed by atoms with Crippen molar-refractivity contribution in [3.05, 3.63) is 47.5 Å². The largest absolute Gasteiger partial charge is 0.352 e. The van der Waals surface area contributed by atoms with Crippen LogP contribution in [0, 0.1) is 17.8 Å². The number of benzene rings is 1. The molecule has 5 heteroatoms. The Morgan fingerprint density at radius 1 is 1.08 bits per heavy atom. The van der Waals surface area contributed by atoms with Crippen LogP contribution in [-0.2, 0) is 11.3 Å². The van der Waals surface area contributed by atoms with E-state index in [4.69, 9.17) is 5.73 Å². The van der Waals surface area contributed by atoms with Crippen LogP contribution in [0.25, 0.3) is 0 Å². The van der Waals surface area contributed by atoms with E-state index >= 15 is 0 Å². The predicted molar refractivity (Wildman–Crippen MR) is 95.6 cm³/mol. The van der Waals surface area contributed by atoms with Crippen LogP contribution in [-0.4, -0.2) is 35.8 Å². The number of amides is 2. The number of carbonyl (C=O) groups excluding carboxylic acids is 2. The molecule has 2 amide bonds. The monoisotopic (exact) mass is 339 g/mol. The van der Waals surface area contributed by atoms with Gasteiger partial charge in [-0.3, -0.25) is 9.59 Å². The molecule has 5 nitrogen and oxygen atoms in total. The van der Waals surface area contributed by atoms with Gasteiger partial charge in [-0.2, -0.15) is 0 Å². The summed E-state index contributed by atoms with van der Waals surface area (Å²) in [5.41, 5.74) is 7.91. The lowest BCUT2D eigenvalue weighted by Gasteiger charge is -2.23. The molecule has 4 atom stereocenters. The third kappa shape index (κ3) is 3.09. The highest BCUT2D eigenvalue weighted by Gasteiger charge is 2.46. The molecular formula is C20H25N3O2. The number of fused-ring (bicyclic) bond motifs is 2. The van der Waals surface area contributed by atoms with Gasteiger partial charge >= 0.3 is 0 Å². The van der Waals surface area contributed by atoms with E-state index < -0.39 is 0 Å². The Hall–Kier alpha value is -2.14. The lowest BCUT2D eigenvalue weighted by Crippen LogP contribution is -2.43. The van der Waals surface area contributed by atoms with Crippen LogP contribution in [0.1, 0.15) is 35.2 Å². The van der Waals surface area contributed by atoms with Crippen molar-refractivity contribution in [3.8, 4) is 0 Å². The minimum Gasteiger partial charge on any atom is -0.352 e. The summed E-state index contributed by atoms with van der Waals surface area (Å²) < 4.78 is 0. The number of hydrogen-bond donors (Lipinski definition) is 2. The van der Waals surface area contributed by atoms with E-state index in [1.807, 2.05) is 29.2 Å².